The van der Waals surface area contributed by atoms with Crippen molar-refractivity contribution in [3.63, 3.8) is 0 Å². The Morgan fingerprint density at radius 3 is 1.64 bits per heavy atom. The molecule has 0 rings (SSSR count). The van der Waals surface area contributed by atoms with Crippen molar-refractivity contribution in [2.75, 3.05) is 40.9 Å². The number of aliphatic hydroxyl groups is 1. The molecule has 0 heterocycles. The van der Waals surface area contributed by atoms with Crippen LogP contribution in [0.2, 0.25) is 0 Å². The van der Waals surface area contributed by atoms with Crippen LogP contribution in [-0.2, 0) is 18.4 Å². The molecule has 0 saturated carbocycles. The Bertz CT molecular complexity index is 876. The number of nitrogens with zero attached hydrogens (tertiary/aromatic N) is 1. The van der Waals surface area contributed by atoms with Gasteiger partial charge in [0.1, 0.15) is 13.2 Å². The summed E-state index contributed by atoms with van der Waals surface area (Å²) in [6, 6.07) is -0.754. The second-order valence-corrected chi connectivity index (χ2v) is 16.8. The quantitative estimate of drug-likeness (QED) is 0.0254. The summed E-state index contributed by atoms with van der Waals surface area (Å²) in [6.45, 7) is 4.70. The molecule has 3 N–H and O–H groups in total. The predicted molar refractivity (Wildman–Crippen MR) is 212 cm³/mol. The van der Waals surface area contributed by atoms with Crippen LogP contribution >= 0.6 is 7.82 Å². The van der Waals surface area contributed by atoms with Crippen molar-refractivity contribution < 1.29 is 32.9 Å². The number of nitrogens with one attached hydrogen (secondary N) is 1. The number of aliphatic hydroxyl groups excluding tert-OH is 1. The first-order chi connectivity index (χ1) is 24.0. The predicted octanol–water partition coefficient (Wildman–Crippen LogP) is 11.0. The Hall–Kier alpha value is -1.02. The first-order valence-corrected chi connectivity index (χ1v) is 22.2. The number of hydrogen-bond acceptors (Lipinski definition) is 5. The standard InChI is InChI=1S/C41H81N2O6P/c1-6-8-10-11-12-13-14-15-16-17-18-19-20-21-22-23-24-25-26-27-28-29-30-31-33-35-41(45)42-39(40(44)34-32-9-7-2)38-49-50(46,47)48-37-36-43(3,4)5/h14-15,17-18,39-40,44H,6-13,16,19-38H2,1-5H3,(H-,42,45,46,47)/p+1/b15-14-,18-17-. The van der Waals surface area contributed by atoms with Gasteiger partial charge in [-0.3, -0.25) is 13.8 Å². The Labute approximate surface area is 309 Å². The topological polar surface area (TPSA) is 105 Å². The molecule has 0 aromatic heterocycles. The van der Waals surface area contributed by atoms with Gasteiger partial charge < -0.3 is 19.8 Å². The van der Waals surface area contributed by atoms with Crippen molar-refractivity contribution in [3.05, 3.63) is 24.3 Å². The van der Waals surface area contributed by atoms with Gasteiger partial charge in [0.2, 0.25) is 5.91 Å². The number of amides is 1. The lowest BCUT2D eigenvalue weighted by Crippen LogP contribution is -2.46. The number of carbonyl (C=O) groups excluding carboxylic acids is 1. The van der Waals surface area contributed by atoms with Gasteiger partial charge in [-0.25, -0.2) is 4.57 Å². The Morgan fingerprint density at radius 1 is 0.680 bits per heavy atom. The molecule has 0 aromatic rings. The van der Waals surface area contributed by atoms with Gasteiger partial charge in [0, 0.05) is 6.42 Å². The zero-order chi connectivity index (χ0) is 37.2. The van der Waals surface area contributed by atoms with Gasteiger partial charge in [-0.1, -0.05) is 154 Å². The van der Waals surface area contributed by atoms with E-state index < -0.39 is 20.0 Å². The van der Waals surface area contributed by atoms with Gasteiger partial charge in [-0.15, -0.1) is 0 Å². The second-order valence-electron chi connectivity index (χ2n) is 15.4. The summed E-state index contributed by atoms with van der Waals surface area (Å²) in [4.78, 5) is 22.8. The van der Waals surface area contributed by atoms with Crippen LogP contribution in [0.15, 0.2) is 24.3 Å². The number of likely N-dealkylation sites (N-methyl/N-ethyl adjacent to an activating group) is 1. The molecular weight excluding hydrogens is 647 g/mol. The highest BCUT2D eigenvalue weighted by molar-refractivity contribution is 7.47. The number of quaternary nitrogens is 1. The van der Waals surface area contributed by atoms with Crippen molar-refractivity contribution >= 4 is 13.7 Å². The van der Waals surface area contributed by atoms with Gasteiger partial charge in [0.05, 0.1) is 39.9 Å². The normalized spacial score (nSPS) is 14.8. The van der Waals surface area contributed by atoms with E-state index in [9.17, 15) is 19.4 Å². The third-order valence-electron chi connectivity index (χ3n) is 9.20. The third-order valence-corrected chi connectivity index (χ3v) is 10.2. The first kappa shape index (κ1) is 49.0. The maximum absolute atomic E-state index is 12.7. The van der Waals surface area contributed by atoms with Gasteiger partial charge in [0.25, 0.3) is 0 Å². The molecule has 8 nitrogen and oxygen atoms in total. The molecule has 0 saturated heterocycles. The molecule has 0 aliphatic heterocycles. The number of phosphoric acid groups is 1. The molecular formula is C41H82N2O6P+. The van der Waals surface area contributed by atoms with E-state index in [0.717, 1.165) is 44.9 Å². The number of carbonyl (C=O) groups is 1. The van der Waals surface area contributed by atoms with Crippen LogP contribution in [0.5, 0.6) is 0 Å². The van der Waals surface area contributed by atoms with E-state index in [-0.39, 0.29) is 19.1 Å². The van der Waals surface area contributed by atoms with Gasteiger partial charge in [-0.2, -0.15) is 0 Å². The monoisotopic (exact) mass is 730 g/mol. The van der Waals surface area contributed by atoms with E-state index in [1.54, 1.807) is 0 Å². The SMILES string of the molecule is CCCCCCC/C=C\C/C=C\CCCCCCCCCCCCCCCC(=O)NC(COP(=O)(O)OCC[N+](C)(C)C)C(O)CCCCC. The van der Waals surface area contributed by atoms with E-state index in [4.69, 9.17) is 9.05 Å². The summed E-state index contributed by atoms with van der Waals surface area (Å²) in [6.07, 6.45) is 38.6. The lowest BCUT2D eigenvalue weighted by atomic mass is 10.0. The third kappa shape index (κ3) is 35.4. The summed E-state index contributed by atoms with van der Waals surface area (Å²) in [5.74, 6) is -0.158. The van der Waals surface area contributed by atoms with E-state index in [2.05, 4.69) is 43.5 Å². The summed E-state index contributed by atoms with van der Waals surface area (Å²) in [7, 11) is 1.61. The minimum absolute atomic E-state index is 0.0733. The zero-order valence-corrected chi connectivity index (χ0v) is 34.3. The Morgan fingerprint density at radius 2 is 1.14 bits per heavy atom. The van der Waals surface area contributed by atoms with Crippen molar-refractivity contribution in [3.8, 4) is 0 Å². The highest BCUT2D eigenvalue weighted by Gasteiger charge is 2.28. The molecule has 1 amide bonds. The number of allylic oxidation sites excluding steroid dienone is 4. The highest BCUT2D eigenvalue weighted by Crippen LogP contribution is 2.43. The molecule has 3 unspecified atom stereocenters. The van der Waals surface area contributed by atoms with Crippen LogP contribution in [0.25, 0.3) is 0 Å². The van der Waals surface area contributed by atoms with Crippen LogP contribution in [0.4, 0.5) is 0 Å². The average Bonchev–Trinajstić information content (AvgIpc) is 3.06. The number of hydrogen-bond donors (Lipinski definition) is 3. The molecule has 0 radical (unpaired) electrons. The first-order valence-electron chi connectivity index (χ1n) is 20.7. The lowest BCUT2D eigenvalue weighted by molar-refractivity contribution is -0.870. The molecule has 3 atom stereocenters. The van der Waals surface area contributed by atoms with E-state index in [0.29, 0.717) is 23.9 Å². The summed E-state index contributed by atoms with van der Waals surface area (Å²) >= 11 is 0. The molecule has 0 bridgehead atoms. The molecule has 0 aliphatic rings. The summed E-state index contributed by atoms with van der Waals surface area (Å²) < 4.78 is 23.3. The molecule has 9 heteroatoms. The fourth-order valence-corrected chi connectivity index (χ4v) is 6.57. The molecule has 0 aromatic carbocycles. The molecule has 0 fully saturated rings. The maximum atomic E-state index is 12.7. The van der Waals surface area contributed by atoms with Crippen molar-refractivity contribution in [2.45, 2.75) is 193 Å². The maximum Gasteiger partial charge on any atom is 0.472 e. The van der Waals surface area contributed by atoms with Crippen molar-refractivity contribution in [2.24, 2.45) is 0 Å². The fourth-order valence-electron chi connectivity index (χ4n) is 5.84. The van der Waals surface area contributed by atoms with E-state index >= 15 is 0 Å². The Balaban J connectivity index is 3.89. The summed E-state index contributed by atoms with van der Waals surface area (Å²) in [5.41, 5.74) is 0. The van der Waals surface area contributed by atoms with Gasteiger partial charge in [0.15, 0.2) is 0 Å². The van der Waals surface area contributed by atoms with Gasteiger partial charge >= 0.3 is 7.82 Å². The second kappa shape index (κ2) is 33.8. The van der Waals surface area contributed by atoms with Crippen LogP contribution < -0.4 is 5.32 Å². The van der Waals surface area contributed by atoms with Gasteiger partial charge in [-0.05, 0) is 44.9 Å². The van der Waals surface area contributed by atoms with Crippen LogP contribution in [0.3, 0.4) is 0 Å². The van der Waals surface area contributed by atoms with Crippen LogP contribution in [-0.4, -0.2) is 73.4 Å². The largest absolute Gasteiger partial charge is 0.472 e. The van der Waals surface area contributed by atoms with Crippen molar-refractivity contribution in [1.82, 2.24) is 5.32 Å². The number of phosphoric ester groups is 1. The fraction of sp³-hybridized carbons (Fsp3) is 0.878. The average molecular weight is 730 g/mol. The van der Waals surface area contributed by atoms with Crippen molar-refractivity contribution in [1.29, 1.82) is 0 Å². The van der Waals surface area contributed by atoms with E-state index in [1.165, 1.54) is 109 Å². The minimum Gasteiger partial charge on any atom is -0.391 e. The highest BCUT2D eigenvalue weighted by atomic mass is 31.2. The zero-order valence-electron chi connectivity index (χ0n) is 33.4. The Kier molecular flexibility index (Phi) is 33.1. The minimum atomic E-state index is -4.29. The van der Waals surface area contributed by atoms with Crippen LogP contribution in [0.1, 0.15) is 181 Å². The van der Waals surface area contributed by atoms with E-state index in [1.807, 2.05) is 21.1 Å². The number of unbranched alkanes of at least 4 members (excludes halogenated alkanes) is 20. The summed E-state index contributed by atoms with van der Waals surface area (Å²) in [5, 5.41) is 13.6. The molecule has 296 valence electrons. The molecule has 0 aliphatic carbocycles. The molecule has 50 heavy (non-hydrogen) atoms. The smallest absolute Gasteiger partial charge is 0.391 e. The number of rotatable bonds is 37. The lowest BCUT2D eigenvalue weighted by Gasteiger charge is -2.26. The van der Waals surface area contributed by atoms with Crippen LogP contribution in [0, 0.1) is 0 Å². The molecule has 0 spiro atoms.